The number of rotatable bonds is 2. The fourth-order valence-electron chi connectivity index (χ4n) is 3.68. The first-order chi connectivity index (χ1) is 8.67. The molecule has 106 valence electrons. The van der Waals surface area contributed by atoms with Gasteiger partial charge in [-0.25, -0.2) is 4.98 Å². The highest BCUT2D eigenvalue weighted by Gasteiger charge is 2.38. The van der Waals surface area contributed by atoms with Crippen LogP contribution in [0.15, 0.2) is 16.7 Å². The van der Waals surface area contributed by atoms with Crippen molar-refractivity contribution in [2.75, 3.05) is 5.32 Å². The normalized spacial score (nSPS) is 22.2. The lowest BCUT2D eigenvalue weighted by molar-refractivity contribution is 0.105. The first-order valence-electron chi connectivity index (χ1n) is 6.75. The van der Waals surface area contributed by atoms with Crippen LogP contribution in [0.5, 0.6) is 0 Å². The molecule has 0 atom stereocenters. The second-order valence-corrected chi connectivity index (χ2v) is 8.46. The summed E-state index contributed by atoms with van der Waals surface area (Å²) in [6.07, 6.45) is 5.47. The molecule has 0 saturated heterocycles. The molecule has 1 heterocycles. The van der Waals surface area contributed by atoms with E-state index in [-0.39, 0.29) is 0 Å². The summed E-state index contributed by atoms with van der Waals surface area (Å²) < 4.78 is 0.841. The van der Waals surface area contributed by atoms with Gasteiger partial charge in [-0.2, -0.15) is 0 Å². The van der Waals surface area contributed by atoms with Crippen molar-refractivity contribution < 1.29 is 0 Å². The number of aromatic nitrogens is 1. The van der Waals surface area contributed by atoms with Gasteiger partial charge in [-0.05, 0) is 52.1 Å². The first-order valence-corrected chi connectivity index (χ1v) is 7.92. The van der Waals surface area contributed by atoms with Crippen LogP contribution in [0.2, 0.25) is 5.15 Å². The van der Waals surface area contributed by atoms with Gasteiger partial charge in [0.2, 0.25) is 0 Å². The zero-order valence-electron chi connectivity index (χ0n) is 12.1. The van der Waals surface area contributed by atoms with Crippen molar-refractivity contribution in [1.29, 1.82) is 0 Å². The number of pyridine rings is 1. The molecule has 0 aliphatic heterocycles. The Kier molecular flexibility index (Phi) is 4.18. The number of nitrogens with one attached hydrogen (secondary N) is 1. The van der Waals surface area contributed by atoms with Crippen LogP contribution in [0.4, 0.5) is 5.69 Å². The summed E-state index contributed by atoms with van der Waals surface area (Å²) >= 11 is 9.35. The number of hydrogen-bond acceptors (Lipinski definition) is 2. The molecule has 1 aliphatic rings. The van der Waals surface area contributed by atoms with Gasteiger partial charge in [-0.1, -0.05) is 39.3 Å². The quantitative estimate of drug-likeness (QED) is 0.714. The maximum absolute atomic E-state index is 5.93. The zero-order valence-corrected chi connectivity index (χ0v) is 14.4. The summed E-state index contributed by atoms with van der Waals surface area (Å²) in [5.41, 5.74) is 1.81. The number of halogens is 2. The third kappa shape index (κ3) is 4.09. The number of anilines is 1. The average Bonchev–Trinajstić information content (AvgIpc) is 2.18. The summed E-state index contributed by atoms with van der Waals surface area (Å²) in [5, 5.41) is 4.12. The SMILES string of the molecule is CC1(C)CC(Nc2cnc(Cl)c(Br)c2)CC(C)(C)C1. The highest BCUT2D eigenvalue weighted by molar-refractivity contribution is 9.10. The van der Waals surface area contributed by atoms with Crippen molar-refractivity contribution in [2.24, 2.45) is 10.8 Å². The summed E-state index contributed by atoms with van der Waals surface area (Å²) in [4.78, 5) is 4.17. The molecular formula is C15H22BrClN2. The maximum atomic E-state index is 5.93. The predicted octanol–water partition coefficient (Wildman–Crippen LogP) is 5.51. The molecule has 1 aromatic rings. The minimum Gasteiger partial charge on any atom is -0.381 e. The van der Waals surface area contributed by atoms with E-state index < -0.39 is 0 Å². The van der Waals surface area contributed by atoms with Crippen molar-refractivity contribution in [3.63, 3.8) is 0 Å². The second kappa shape index (κ2) is 5.25. The fraction of sp³-hybridized carbons (Fsp3) is 0.667. The average molecular weight is 346 g/mol. The van der Waals surface area contributed by atoms with Crippen molar-refractivity contribution in [2.45, 2.75) is 53.0 Å². The lowest BCUT2D eigenvalue weighted by Crippen LogP contribution is -2.40. The van der Waals surface area contributed by atoms with E-state index in [1.165, 1.54) is 19.3 Å². The van der Waals surface area contributed by atoms with E-state index in [9.17, 15) is 0 Å². The molecule has 1 aliphatic carbocycles. The van der Waals surface area contributed by atoms with Crippen molar-refractivity contribution in [3.05, 3.63) is 21.9 Å². The molecule has 2 nitrogen and oxygen atoms in total. The molecule has 4 heteroatoms. The summed E-state index contributed by atoms with van der Waals surface area (Å²) in [7, 11) is 0. The van der Waals surface area contributed by atoms with Gasteiger partial charge >= 0.3 is 0 Å². The van der Waals surface area contributed by atoms with Crippen LogP contribution < -0.4 is 5.32 Å². The summed E-state index contributed by atoms with van der Waals surface area (Å²) in [6.45, 7) is 9.44. The molecule has 2 rings (SSSR count). The first kappa shape index (κ1) is 15.1. The molecule has 0 unspecified atom stereocenters. The minimum atomic E-state index is 0.385. The Morgan fingerprint density at radius 2 is 1.84 bits per heavy atom. The van der Waals surface area contributed by atoms with Gasteiger partial charge in [0.15, 0.2) is 0 Å². The minimum absolute atomic E-state index is 0.385. The summed E-state index contributed by atoms with van der Waals surface area (Å²) in [6, 6.07) is 2.50. The van der Waals surface area contributed by atoms with Crippen molar-refractivity contribution in [3.8, 4) is 0 Å². The fourth-order valence-corrected chi connectivity index (χ4v) is 4.14. The third-order valence-electron chi connectivity index (χ3n) is 3.72. The number of hydrogen-bond donors (Lipinski definition) is 1. The molecule has 1 aromatic heterocycles. The van der Waals surface area contributed by atoms with Crippen molar-refractivity contribution in [1.82, 2.24) is 4.98 Å². The maximum Gasteiger partial charge on any atom is 0.143 e. The smallest absolute Gasteiger partial charge is 0.143 e. The largest absolute Gasteiger partial charge is 0.381 e. The van der Waals surface area contributed by atoms with Crippen LogP contribution in [-0.2, 0) is 0 Å². The molecule has 0 spiro atoms. The van der Waals surface area contributed by atoms with Gasteiger partial charge in [0.05, 0.1) is 16.4 Å². The predicted molar refractivity (Wildman–Crippen MR) is 85.8 cm³/mol. The van der Waals surface area contributed by atoms with Gasteiger partial charge in [0.1, 0.15) is 5.15 Å². The molecule has 0 amide bonds. The Bertz CT molecular complexity index is 455. The van der Waals surface area contributed by atoms with Gasteiger partial charge < -0.3 is 5.32 Å². The van der Waals surface area contributed by atoms with E-state index in [4.69, 9.17) is 11.6 Å². The second-order valence-electron chi connectivity index (χ2n) is 7.25. The lowest BCUT2D eigenvalue weighted by atomic mass is 9.63. The van der Waals surface area contributed by atoms with Crippen LogP contribution in [0.1, 0.15) is 47.0 Å². The Hall–Kier alpha value is -0.280. The Morgan fingerprint density at radius 1 is 1.26 bits per heavy atom. The Morgan fingerprint density at radius 3 is 2.37 bits per heavy atom. The highest BCUT2D eigenvalue weighted by Crippen LogP contribution is 2.46. The molecule has 0 bridgehead atoms. The van der Waals surface area contributed by atoms with Crippen LogP contribution >= 0.6 is 27.5 Å². The van der Waals surface area contributed by atoms with E-state index in [1.807, 2.05) is 12.3 Å². The molecule has 0 radical (unpaired) electrons. The van der Waals surface area contributed by atoms with Gasteiger partial charge in [-0.15, -0.1) is 0 Å². The van der Waals surface area contributed by atoms with Crippen LogP contribution in [-0.4, -0.2) is 11.0 Å². The number of nitrogens with zero attached hydrogens (tertiary/aromatic N) is 1. The Balaban J connectivity index is 2.11. The van der Waals surface area contributed by atoms with Gasteiger partial charge in [0.25, 0.3) is 0 Å². The zero-order chi connectivity index (χ0) is 14.3. The van der Waals surface area contributed by atoms with Gasteiger partial charge in [0, 0.05) is 6.04 Å². The van der Waals surface area contributed by atoms with Crippen LogP contribution in [0, 0.1) is 10.8 Å². The van der Waals surface area contributed by atoms with E-state index in [0.29, 0.717) is 22.0 Å². The van der Waals surface area contributed by atoms with Crippen LogP contribution in [0.25, 0.3) is 0 Å². The lowest BCUT2D eigenvalue weighted by Gasteiger charge is -2.45. The van der Waals surface area contributed by atoms with Crippen LogP contribution in [0.3, 0.4) is 0 Å². The van der Waals surface area contributed by atoms with E-state index in [1.54, 1.807) is 0 Å². The molecule has 1 fully saturated rings. The summed E-state index contributed by atoms with van der Waals surface area (Å²) in [5.74, 6) is 0. The highest BCUT2D eigenvalue weighted by atomic mass is 79.9. The molecule has 19 heavy (non-hydrogen) atoms. The standard InChI is InChI=1S/C15H22BrClN2/c1-14(2)6-11(7-15(3,4)9-14)19-10-5-12(16)13(17)18-8-10/h5,8,11,19H,6-7,9H2,1-4H3. The Labute approximate surface area is 129 Å². The van der Waals surface area contributed by atoms with Gasteiger partial charge in [-0.3, -0.25) is 0 Å². The molecule has 0 aromatic carbocycles. The van der Waals surface area contributed by atoms with E-state index >= 15 is 0 Å². The monoisotopic (exact) mass is 344 g/mol. The molecular weight excluding hydrogens is 324 g/mol. The third-order valence-corrected chi connectivity index (χ3v) is 4.86. The van der Waals surface area contributed by atoms with E-state index in [0.717, 1.165) is 10.2 Å². The molecule has 1 saturated carbocycles. The van der Waals surface area contributed by atoms with Crippen molar-refractivity contribution >= 4 is 33.2 Å². The topological polar surface area (TPSA) is 24.9 Å². The molecule has 1 N–H and O–H groups in total. The van der Waals surface area contributed by atoms with E-state index in [2.05, 4.69) is 53.9 Å².